The number of anilines is 1. The number of piperidine rings is 1. The summed E-state index contributed by atoms with van der Waals surface area (Å²) in [5, 5.41) is 0. The molecule has 0 aromatic heterocycles. The lowest BCUT2D eigenvalue weighted by molar-refractivity contribution is 0.0608. The van der Waals surface area contributed by atoms with Crippen molar-refractivity contribution in [2.45, 2.75) is 38.6 Å². The van der Waals surface area contributed by atoms with Gasteiger partial charge in [0.05, 0.1) is 11.3 Å². The molecule has 1 unspecified atom stereocenters. The first-order valence-electron chi connectivity index (χ1n) is 6.75. The summed E-state index contributed by atoms with van der Waals surface area (Å²) in [5.41, 5.74) is 2.68. The van der Waals surface area contributed by atoms with Crippen molar-refractivity contribution < 1.29 is 9.18 Å². The van der Waals surface area contributed by atoms with Crippen molar-refractivity contribution >= 4 is 11.6 Å². The Hall–Kier alpha value is -1.62. The van der Waals surface area contributed by atoms with Gasteiger partial charge in [-0.2, -0.15) is 0 Å². The molecule has 1 aromatic carbocycles. The SMILES string of the molecule is CCC1CCCCN1C(=O)c1cccc(F)c1NN. The largest absolute Gasteiger partial charge is 0.336 e. The third-order valence-corrected chi connectivity index (χ3v) is 3.75. The molecule has 3 N–H and O–H groups in total. The fourth-order valence-corrected chi connectivity index (χ4v) is 2.70. The first kappa shape index (κ1) is 13.8. The van der Waals surface area contributed by atoms with Gasteiger partial charge in [-0.1, -0.05) is 13.0 Å². The maximum absolute atomic E-state index is 13.6. The molecule has 2 rings (SSSR count). The Morgan fingerprint density at radius 1 is 1.53 bits per heavy atom. The Kier molecular flexibility index (Phi) is 4.37. The number of carbonyl (C=O) groups is 1. The Balaban J connectivity index is 2.30. The number of hydrazine groups is 1. The minimum absolute atomic E-state index is 0.0768. The topological polar surface area (TPSA) is 58.4 Å². The number of rotatable bonds is 3. The van der Waals surface area contributed by atoms with Crippen molar-refractivity contribution in [2.75, 3.05) is 12.0 Å². The average molecular weight is 265 g/mol. The van der Waals surface area contributed by atoms with Crippen LogP contribution in [0.2, 0.25) is 0 Å². The van der Waals surface area contributed by atoms with E-state index in [0.717, 1.165) is 32.2 Å². The highest BCUT2D eigenvalue weighted by Crippen LogP contribution is 2.25. The zero-order valence-electron chi connectivity index (χ0n) is 11.2. The van der Waals surface area contributed by atoms with E-state index in [2.05, 4.69) is 12.3 Å². The van der Waals surface area contributed by atoms with Crippen LogP contribution in [-0.4, -0.2) is 23.4 Å². The van der Waals surface area contributed by atoms with Gasteiger partial charge in [0.25, 0.3) is 5.91 Å². The number of amides is 1. The molecule has 0 radical (unpaired) electrons. The summed E-state index contributed by atoms with van der Waals surface area (Å²) in [5.74, 6) is 4.68. The molecule has 19 heavy (non-hydrogen) atoms. The maximum Gasteiger partial charge on any atom is 0.256 e. The number of benzene rings is 1. The molecule has 1 aliphatic heterocycles. The quantitative estimate of drug-likeness (QED) is 0.652. The standard InChI is InChI=1S/C14H20FN3O/c1-2-10-6-3-4-9-18(10)14(19)11-7-5-8-12(15)13(11)17-16/h5,7-8,10,17H,2-4,6,9,16H2,1H3. The van der Waals surface area contributed by atoms with Crippen molar-refractivity contribution in [3.63, 3.8) is 0 Å². The van der Waals surface area contributed by atoms with Crippen molar-refractivity contribution in [3.05, 3.63) is 29.6 Å². The number of nitrogens with one attached hydrogen (secondary N) is 1. The van der Waals surface area contributed by atoms with Crippen molar-refractivity contribution in [1.29, 1.82) is 0 Å². The zero-order chi connectivity index (χ0) is 13.8. The minimum atomic E-state index is -0.501. The van der Waals surface area contributed by atoms with E-state index in [9.17, 15) is 9.18 Å². The second kappa shape index (κ2) is 6.02. The predicted octanol–water partition coefficient (Wildman–Crippen LogP) is 2.52. The van der Waals surface area contributed by atoms with Crippen molar-refractivity contribution in [1.82, 2.24) is 4.90 Å². The van der Waals surface area contributed by atoms with Crippen LogP contribution in [0.5, 0.6) is 0 Å². The van der Waals surface area contributed by atoms with Crippen molar-refractivity contribution in [3.8, 4) is 0 Å². The molecule has 1 aromatic rings. The fourth-order valence-electron chi connectivity index (χ4n) is 2.70. The Bertz CT molecular complexity index is 464. The van der Waals surface area contributed by atoms with Crippen LogP contribution in [0.15, 0.2) is 18.2 Å². The first-order chi connectivity index (χ1) is 9.19. The number of nitrogens with two attached hydrogens (primary N) is 1. The van der Waals surface area contributed by atoms with Crippen LogP contribution in [0.4, 0.5) is 10.1 Å². The number of nitrogen functional groups attached to an aromatic ring is 1. The molecule has 104 valence electrons. The van der Waals surface area contributed by atoms with Gasteiger partial charge in [0.2, 0.25) is 0 Å². The van der Waals surface area contributed by atoms with E-state index >= 15 is 0 Å². The number of likely N-dealkylation sites (tertiary alicyclic amines) is 1. The molecule has 0 saturated carbocycles. The van der Waals surface area contributed by atoms with E-state index in [0.29, 0.717) is 5.56 Å². The average Bonchev–Trinajstić information content (AvgIpc) is 2.46. The Labute approximate surface area is 112 Å². The van der Waals surface area contributed by atoms with E-state index in [1.807, 2.05) is 4.90 Å². The molecule has 1 saturated heterocycles. The normalized spacial score (nSPS) is 19.3. The summed E-state index contributed by atoms with van der Waals surface area (Å²) in [6.45, 7) is 2.81. The van der Waals surface area contributed by atoms with Gasteiger partial charge in [-0.05, 0) is 37.8 Å². The Morgan fingerprint density at radius 3 is 3.00 bits per heavy atom. The van der Waals surface area contributed by atoms with Gasteiger partial charge in [-0.3, -0.25) is 10.6 Å². The molecular weight excluding hydrogens is 245 g/mol. The molecule has 1 heterocycles. The lowest BCUT2D eigenvalue weighted by atomic mass is 9.98. The summed E-state index contributed by atoms with van der Waals surface area (Å²) in [4.78, 5) is 14.4. The van der Waals surface area contributed by atoms with Crippen LogP contribution < -0.4 is 11.3 Å². The van der Waals surface area contributed by atoms with E-state index in [-0.39, 0.29) is 17.6 Å². The second-order valence-electron chi connectivity index (χ2n) is 4.86. The number of hydrogen-bond donors (Lipinski definition) is 2. The molecule has 5 heteroatoms. The third kappa shape index (κ3) is 2.71. The molecule has 1 amide bonds. The summed E-state index contributed by atoms with van der Waals surface area (Å²) >= 11 is 0. The Morgan fingerprint density at radius 2 is 2.32 bits per heavy atom. The second-order valence-corrected chi connectivity index (χ2v) is 4.86. The minimum Gasteiger partial charge on any atom is -0.336 e. The smallest absolute Gasteiger partial charge is 0.256 e. The first-order valence-corrected chi connectivity index (χ1v) is 6.75. The van der Waals surface area contributed by atoms with Gasteiger partial charge in [-0.15, -0.1) is 0 Å². The molecule has 1 fully saturated rings. The molecule has 1 aliphatic rings. The van der Waals surface area contributed by atoms with Crippen LogP contribution in [0, 0.1) is 5.82 Å². The molecule has 1 atom stereocenters. The third-order valence-electron chi connectivity index (χ3n) is 3.75. The summed E-state index contributed by atoms with van der Waals surface area (Å²) in [6.07, 6.45) is 4.09. The van der Waals surface area contributed by atoms with Crippen molar-refractivity contribution in [2.24, 2.45) is 5.84 Å². The van der Waals surface area contributed by atoms with Gasteiger partial charge in [-0.25, -0.2) is 4.39 Å². The van der Waals surface area contributed by atoms with Gasteiger partial charge in [0.15, 0.2) is 0 Å². The van der Waals surface area contributed by atoms with Gasteiger partial charge >= 0.3 is 0 Å². The van der Waals surface area contributed by atoms with E-state index in [1.54, 1.807) is 6.07 Å². The van der Waals surface area contributed by atoms with Crippen LogP contribution in [0.1, 0.15) is 43.0 Å². The zero-order valence-corrected chi connectivity index (χ0v) is 11.2. The molecule has 0 bridgehead atoms. The lowest BCUT2D eigenvalue weighted by Crippen LogP contribution is -2.43. The maximum atomic E-state index is 13.6. The summed E-state index contributed by atoms with van der Waals surface area (Å²) < 4.78 is 13.6. The molecule has 0 aliphatic carbocycles. The van der Waals surface area contributed by atoms with Gasteiger partial charge in [0.1, 0.15) is 5.82 Å². The highest BCUT2D eigenvalue weighted by molar-refractivity contribution is 5.99. The van der Waals surface area contributed by atoms with E-state index in [4.69, 9.17) is 5.84 Å². The molecule has 0 spiro atoms. The lowest BCUT2D eigenvalue weighted by Gasteiger charge is -2.35. The van der Waals surface area contributed by atoms with Gasteiger partial charge in [0, 0.05) is 12.6 Å². The number of nitrogens with zero attached hydrogens (tertiary/aromatic N) is 1. The van der Waals surface area contributed by atoms with Crippen LogP contribution in [-0.2, 0) is 0 Å². The monoisotopic (exact) mass is 265 g/mol. The summed E-state index contributed by atoms with van der Waals surface area (Å²) in [7, 11) is 0. The number of halogens is 1. The highest BCUT2D eigenvalue weighted by Gasteiger charge is 2.28. The van der Waals surface area contributed by atoms with Crippen LogP contribution in [0.3, 0.4) is 0 Å². The molecule has 4 nitrogen and oxygen atoms in total. The number of hydrogen-bond acceptors (Lipinski definition) is 3. The van der Waals surface area contributed by atoms with E-state index in [1.165, 1.54) is 12.1 Å². The fraction of sp³-hybridized carbons (Fsp3) is 0.500. The highest BCUT2D eigenvalue weighted by atomic mass is 19.1. The van der Waals surface area contributed by atoms with E-state index < -0.39 is 5.82 Å². The molecular formula is C14H20FN3O. The number of carbonyl (C=O) groups excluding carboxylic acids is 1. The number of para-hydroxylation sites is 1. The predicted molar refractivity (Wildman–Crippen MR) is 73.2 cm³/mol. The van der Waals surface area contributed by atoms with Crippen LogP contribution >= 0.6 is 0 Å². The summed E-state index contributed by atoms with van der Waals surface area (Å²) in [6, 6.07) is 4.69. The van der Waals surface area contributed by atoms with Crippen LogP contribution in [0.25, 0.3) is 0 Å². The van der Waals surface area contributed by atoms with Gasteiger partial charge < -0.3 is 10.3 Å².